The van der Waals surface area contributed by atoms with Crippen molar-refractivity contribution in [2.45, 2.75) is 39.2 Å². The van der Waals surface area contributed by atoms with Crippen molar-refractivity contribution in [3.63, 3.8) is 0 Å². The lowest BCUT2D eigenvalue weighted by Gasteiger charge is -2.12. The molecule has 0 atom stereocenters. The molecule has 0 saturated carbocycles. The second-order valence-electron chi connectivity index (χ2n) is 4.86. The summed E-state index contributed by atoms with van der Waals surface area (Å²) in [5.41, 5.74) is 6.36. The van der Waals surface area contributed by atoms with Crippen LogP contribution in [0.2, 0.25) is 0 Å². The van der Waals surface area contributed by atoms with E-state index in [1.165, 1.54) is 0 Å². The average molecular weight is 294 g/mol. The van der Waals surface area contributed by atoms with Crippen molar-refractivity contribution in [3.8, 4) is 11.5 Å². The Bertz CT molecular complexity index is 436. The predicted octanol–water partition coefficient (Wildman–Crippen LogP) is 2.23. The van der Waals surface area contributed by atoms with E-state index in [9.17, 15) is 4.79 Å². The van der Waals surface area contributed by atoms with Gasteiger partial charge in [-0.25, -0.2) is 0 Å². The number of carbonyl (C=O) groups is 1. The smallest absolute Gasteiger partial charge is 0.220 e. The molecule has 0 aliphatic rings. The van der Waals surface area contributed by atoms with Crippen LogP contribution in [0.3, 0.4) is 0 Å². The summed E-state index contributed by atoms with van der Waals surface area (Å²) in [5, 5.41) is 2.87. The highest BCUT2D eigenvalue weighted by atomic mass is 16.5. The lowest BCUT2D eigenvalue weighted by molar-refractivity contribution is -0.121. The van der Waals surface area contributed by atoms with Crippen molar-refractivity contribution < 1.29 is 14.3 Å². The van der Waals surface area contributed by atoms with Gasteiger partial charge in [0.1, 0.15) is 0 Å². The first kappa shape index (κ1) is 17.3. The first-order valence-electron chi connectivity index (χ1n) is 7.47. The topological polar surface area (TPSA) is 73.6 Å². The Kier molecular flexibility index (Phi) is 8.28. The molecule has 3 N–H and O–H groups in total. The molecule has 0 radical (unpaired) electrons. The van der Waals surface area contributed by atoms with Gasteiger partial charge in [-0.15, -0.1) is 0 Å². The standard InChI is InChI=1S/C16H26N2O3/c1-3-4-10-21-14-8-7-13(11-15(14)20-2)12-18-16(19)6-5-9-17/h7-8,11H,3-6,9-10,12,17H2,1-2H3,(H,18,19). The van der Waals surface area contributed by atoms with Crippen molar-refractivity contribution in [1.29, 1.82) is 0 Å². The number of amides is 1. The van der Waals surface area contributed by atoms with Gasteiger partial charge in [0.05, 0.1) is 13.7 Å². The van der Waals surface area contributed by atoms with E-state index in [0.717, 1.165) is 24.2 Å². The molecule has 1 aromatic rings. The quantitative estimate of drug-likeness (QED) is 0.649. The molecule has 0 aliphatic heterocycles. The van der Waals surface area contributed by atoms with Crippen molar-refractivity contribution in [2.24, 2.45) is 5.73 Å². The van der Waals surface area contributed by atoms with Crippen LogP contribution in [-0.4, -0.2) is 26.2 Å². The summed E-state index contributed by atoms with van der Waals surface area (Å²) in [6.45, 7) is 3.82. The summed E-state index contributed by atoms with van der Waals surface area (Å²) >= 11 is 0. The molecular weight excluding hydrogens is 268 g/mol. The van der Waals surface area contributed by atoms with Gasteiger partial charge in [-0.2, -0.15) is 0 Å². The first-order chi connectivity index (χ1) is 10.2. The lowest BCUT2D eigenvalue weighted by Crippen LogP contribution is -2.23. The predicted molar refractivity (Wildman–Crippen MR) is 83.5 cm³/mol. The first-order valence-corrected chi connectivity index (χ1v) is 7.47. The minimum absolute atomic E-state index is 0.0164. The number of hydrogen-bond acceptors (Lipinski definition) is 4. The SMILES string of the molecule is CCCCOc1ccc(CNC(=O)CCCN)cc1OC. The fraction of sp³-hybridized carbons (Fsp3) is 0.562. The van der Waals surface area contributed by atoms with Gasteiger partial charge in [-0.3, -0.25) is 4.79 Å². The molecule has 1 amide bonds. The molecule has 0 saturated heterocycles. The number of rotatable bonds is 10. The van der Waals surface area contributed by atoms with E-state index < -0.39 is 0 Å². The van der Waals surface area contributed by atoms with Gasteiger partial charge >= 0.3 is 0 Å². The van der Waals surface area contributed by atoms with Crippen LogP contribution < -0.4 is 20.5 Å². The van der Waals surface area contributed by atoms with Crippen LogP contribution in [0.5, 0.6) is 11.5 Å². The third-order valence-corrected chi connectivity index (χ3v) is 3.08. The molecule has 0 heterocycles. The Morgan fingerprint density at radius 2 is 2.10 bits per heavy atom. The number of hydrogen-bond donors (Lipinski definition) is 2. The third-order valence-electron chi connectivity index (χ3n) is 3.08. The number of carbonyl (C=O) groups excluding carboxylic acids is 1. The largest absolute Gasteiger partial charge is 0.493 e. The minimum atomic E-state index is 0.0164. The number of benzene rings is 1. The van der Waals surface area contributed by atoms with Gasteiger partial charge in [0.2, 0.25) is 5.91 Å². The summed E-state index contributed by atoms with van der Waals surface area (Å²) < 4.78 is 11.0. The summed E-state index contributed by atoms with van der Waals surface area (Å²) in [7, 11) is 1.62. The Balaban J connectivity index is 2.54. The zero-order valence-electron chi connectivity index (χ0n) is 13.0. The maximum Gasteiger partial charge on any atom is 0.220 e. The molecule has 21 heavy (non-hydrogen) atoms. The molecule has 0 aliphatic carbocycles. The third kappa shape index (κ3) is 6.49. The maximum atomic E-state index is 11.5. The van der Waals surface area contributed by atoms with E-state index in [2.05, 4.69) is 12.2 Å². The molecule has 0 aromatic heterocycles. The van der Waals surface area contributed by atoms with Crippen LogP contribution in [0.1, 0.15) is 38.2 Å². The normalized spacial score (nSPS) is 10.2. The monoisotopic (exact) mass is 294 g/mol. The van der Waals surface area contributed by atoms with Crippen LogP contribution in [-0.2, 0) is 11.3 Å². The Hall–Kier alpha value is -1.75. The molecule has 0 unspecified atom stereocenters. The molecule has 5 nitrogen and oxygen atoms in total. The lowest BCUT2D eigenvalue weighted by atomic mass is 10.2. The van der Waals surface area contributed by atoms with E-state index in [1.807, 2.05) is 18.2 Å². The Morgan fingerprint density at radius 3 is 2.76 bits per heavy atom. The average Bonchev–Trinajstić information content (AvgIpc) is 2.51. The Labute approximate surface area is 126 Å². The molecule has 5 heteroatoms. The molecule has 0 fully saturated rings. The highest BCUT2D eigenvalue weighted by Gasteiger charge is 2.07. The summed E-state index contributed by atoms with van der Waals surface area (Å²) in [6.07, 6.45) is 3.28. The van der Waals surface area contributed by atoms with Crippen LogP contribution in [0, 0.1) is 0 Å². The number of nitrogens with one attached hydrogen (secondary N) is 1. The molecule has 1 rings (SSSR count). The minimum Gasteiger partial charge on any atom is -0.493 e. The van der Waals surface area contributed by atoms with Gasteiger partial charge in [0.25, 0.3) is 0 Å². The van der Waals surface area contributed by atoms with Crippen molar-refractivity contribution in [1.82, 2.24) is 5.32 Å². The molecular formula is C16H26N2O3. The van der Waals surface area contributed by atoms with Crippen molar-refractivity contribution in [2.75, 3.05) is 20.3 Å². The zero-order valence-corrected chi connectivity index (χ0v) is 13.0. The van der Waals surface area contributed by atoms with Crippen molar-refractivity contribution in [3.05, 3.63) is 23.8 Å². The second-order valence-corrected chi connectivity index (χ2v) is 4.86. The highest BCUT2D eigenvalue weighted by Crippen LogP contribution is 2.28. The van der Waals surface area contributed by atoms with E-state index in [1.54, 1.807) is 7.11 Å². The number of unbranched alkanes of at least 4 members (excludes halogenated alkanes) is 1. The summed E-state index contributed by atoms with van der Waals surface area (Å²) in [5.74, 6) is 1.45. The van der Waals surface area contributed by atoms with Gasteiger partial charge in [0, 0.05) is 13.0 Å². The van der Waals surface area contributed by atoms with E-state index in [4.69, 9.17) is 15.2 Å². The molecule has 118 valence electrons. The van der Waals surface area contributed by atoms with Crippen molar-refractivity contribution >= 4 is 5.91 Å². The molecule has 0 bridgehead atoms. The summed E-state index contributed by atoms with van der Waals surface area (Å²) in [6, 6.07) is 5.72. The second kappa shape index (κ2) is 10.0. The zero-order chi connectivity index (χ0) is 15.5. The fourth-order valence-corrected chi connectivity index (χ4v) is 1.82. The number of nitrogens with two attached hydrogens (primary N) is 1. The molecule has 1 aromatic carbocycles. The van der Waals surface area contributed by atoms with Crippen LogP contribution in [0.4, 0.5) is 0 Å². The fourth-order valence-electron chi connectivity index (χ4n) is 1.82. The van der Waals surface area contributed by atoms with E-state index in [0.29, 0.717) is 38.3 Å². The highest BCUT2D eigenvalue weighted by molar-refractivity contribution is 5.75. The van der Waals surface area contributed by atoms with Gasteiger partial charge in [0.15, 0.2) is 11.5 Å². The number of ether oxygens (including phenoxy) is 2. The maximum absolute atomic E-state index is 11.5. The van der Waals surface area contributed by atoms with Gasteiger partial charge < -0.3 is 20.5 Å². The van der Waals surface area contributed by atoms with Gasteiger partial charge in [-0.1, -0.05) is 19.4 Å². The number of methoxy groups -OCH3 is 1. The van der Waals surface area contributed by atoms with Crippen LogP contribution >= 0.6 is 0 Å². The summed E-state index contributed by atoms with van der Waals surface area (Å²) in [4.78, 5) is 11.5. The van der Waals surface area contributed by atoms with E-state index in [-0.39, 0.29) is 5.91 Å². The van der Waals surface area contributed by atoms with Crippen LogP contribution in [0.15, 0.2) is 18.2 Å². The molecule has 0 spiro atoms. The Morgan fingerprint density at radius 1 is 1.29 bits per heavy atom. The van der Waals surface area contributed by atoms with Gasteiger partial charge in [-0.05, 0) is 37.1 Å². The van der Waals surface area contributed by atoms with E-state index >= 15 is 0 Å². The van der Waals surface area contributed by atoms with Crippen LogP contribution in [0.25, 0.3) is 0 Å².